The second-order valence-electron chi connectivity index (χ2n) is 2.62. The third-order valence-electron chi connectivity index (χ3n) is 1.46. The van der Waals surface area contributed by atoms with Crippen LogP contribution in [0.2, 0.25) is 5.02 Å². The second kappa shape index (κ2) is 4.21. The molecule has 0 atom stereocenters. The highest BCUT2D eigenvalue weighted by molar-refractivity contribution is 6.31. The Morgan fingerprint density at radius 1 is 1.42 bits per heavy atom. The Morgan fingerprint density at radius 3 is 2.75 bits per heavy atom. The van der Waals surface area contributed by atoms with Crippen molar-refractivity contribution in [2.24, 2.45) is 0 Å². The topological polar surface area (TPSA) is 32.3 Å². The van der Waals surface area contributed by atoms with Gasteiger partial charge < -0.3 is 10.4 Å². The summed E-state index contributed by atoms with van der Waals surface area (Å²) in [5.41, 5.74) is 0.863. The summed E-state index contributed by atoms with van der Waals surface area (Å²) < 4.78 is 0. The van der Waals surface area contributed by atoms with Crippen LogP contribution in [-0.2, 0) is 0 Å². The Labute approximate surface area is 77.2 Å². The molecule has 1 rings (SSSR count). The zero-order valence-corrected chi connectivity index (χ0v) is 7.73. The monoisotopic (exact) mass is 185 g/mol. The zero-order valence-electron chi connectivity index (χ0n) is 6.97. The molecule has 1 aromatic carbocycles. The number of aromatic hydroxyl groups is 1. The summed E-state index contributed by atoms with van der Waals surface area (Å²) in [5, 5.41) is 12.8. The number of nitrogens with one attached hydrogen (secondary N) is 1. The second-order valence-corrected chi connectivity index (χ2v) is 3.06. The normalized spacial score (nSPS) is 9.83. The molecule has 0 aliphatic carbocycles. The van der Waals surface area contributed by atoms with Crippen LogP contribution in [0, 0.1) is 0 Å². The van der Waals surface area contributed by atoms with Gasteiger partial charge in [0.1, 0.15) is 5.75 Å². The maximum atomic E-state index is 9.17. The number of hydrogen-bond donors (Lipinski definition) is 2. The van der Waals surface area contributed by atoms with E-state index in [-0.39, 0.29) is 5.75 Å². The largest absolute Gasteiger partial charge is 0.508 e. The van der Waals surface area contributed by atoms with Crippen LogP contribution in [0.25, 0.3) is 0 Å². The van der Waals surface area contributed by atoms with Gasteiger partial charge in [0, 0.05) is 23.3 Å². The minimum atomic E-state index is 0.195. The summed E-state index contributed by atoms with van der Waals surface area (Å²) in [6.45, 7) is 2.97. The van der Waals surface area contributed by atoms with Gasteiger partial charge in [0.2, 0.25) is 0 Å². The molecule has 0 aromatic heterocycles. The molecule has 1 aromatic rings. The third kappa shape index (κ3) is 2.62. The summed E-state index contributed by atoms with van der Waals surface area (Å²) in [6, 6.07) is 4.96. The van der Waals surface area contributed by atoms with Crippen molar-refractivity contribution >= 4 is 17.3 Å². The molecule has 0 heterocycles. The van der Waals surface area contributed by atoms with Gasteiger partial charge in [-0.25, -0.2) is 0 Å². The quantitative estimate of drug-likeness (QED) is 0.759. The van der Waals surface area contributed by atoms with Crippen LogP contribution in [-0.4, -0.2) is 11.7 Å². The Balaban J connectivity index is 2.72. The van der Waals surface area contributed by atoms with E-state index in [1.54, 1.807) is 12.1 Å². The van der Waals surface area contributed by atoms with Crippen molar-refractivity contribution in [2.45, 2.75) is 13.3 Å². The van der Waals surface area contributed by atoms with Crippen molar-refractivity contribution in [2.75, 3.05) is 11.9 Å². The Bertz CT molecular complexity index is 242. The lowest BCUT2D eigenvalue weighted by Gasteiger charge is -2.05. The fourth-order valence-corrected chi connectivity index (χ4v) is 1.17. The minimum absolute atomic E-state index is 0.195. The van der Waals surface area contributed by atoms with Gasteiger partial charge in [-0.3, -0.25) is 0 Å². The minimum Gasteiger partial charge on any atom is -0.508 e. The number of anilines is 1. The highest BCUT2D eigenvalue weighted by Crippen LogP contribution is 2.22. The average molecular weight is 186 g/mol. The fraction of sp³-hybridized carbons (Fsp3) is 0.333. The fourth-order valence-electron chi connectivity index (χ4n) is 0.946. The molecule has 66 valence electrons. The zero-order chi connectivity index (χ0) is 8.97. The van der Waals surface area contributed by atoms with Gasteiger partial charge in [-0.05, 0) is 18.6 Å². The summed E-state index contributed by atoms with van der Waals surface area (Å²) in [5.74, 6) is 0.195. The third-order valence-corrected chi connectivity index (χ3v) is 1.68. The number of phenolic OH excluding ortho intramolecular Hbond substituents is 1. The van der Waals surface area contributed by atoms with Crippen molar-refractivity contribution in [1.82, 2.24) is 0 Å². The van der Waals surface area contributed by atoms with Crippen LogP contribution in [0.1, 0.15) is 13.3 Å². The molecule has 0 aliphatic rings. The number of hydrogen-bond acceptors (Lipinski definition) is 2. The predicted molar refractivity (Wildman–Crippen MR) is 51.9 cm³/mol. The first-order valence-electron chi connectivity index (χ1n) is 3.96. The van der Waals surface area contributed by atoms with Gasteiger partial charge in [-0.15, -0.1) is 0 Å². The van der Waals surface area contributed by atoms with Crippen LogP contribution in [0.3, 0.4) is 0 Å². The molecule has 0 amide bonds. The molecule has 12 heavy (non-hydrogen) atoms. The molecule has 2 nitrogen and oxygen atoms in total. The van der Waals surface area contributed by atoms with Crippen molar-refractivity contribution in [3.63, 3.8) is 0 Å². The van der Waals surface area contributed by atoms with Gasteiger partial charge in [0.25, 0.3) is 0 Å². The average Bonchev–Trinajstić information content (AvgIpc) is 1.99. The highest BCUT2D eigenvalue weighted by atomic mass is 35.5. The van der Waals surface area contributed by atoms with Gasteiger partial charge in [-0.1, -0.05) is 18.5 Å². The van der Waals surface area contributed by atoms with Gasteiger partial charge in [0.05, 0.1) is 0 Å². The van der Waals surface area contributed by atoms with Gasteiger partial charge in [0.15, 0.2) is 0 Å². The van der Waals surface area contributed by atoms with Gasteiger partial charge >= 0.3 is 0 Å². The molecule has 0 saturated heterocycles. The maximum absolute atomic E-state index is 9.17. The number of phenols is 1. The van der Waals surface area contributed by atoms with Gasteiger partial charge in [-0.2, -0.15) is 0 Å². The molecule has 0 radical (unpaired) electrons. The summed E-state index contributed by atoms with van der Waals surface area (Å²) in [4.78, 5) is 0. The molecule has 0 spiro atoms. The molecule has 0 unspecified atom stereocenters. The van der Waals surface area contributed by atoms with E-state index < -0.39 is 0 Å². The van der Waals surface area contributed by atoms with E-state index in [0.717, 1.165) is 18.7 Å². The summed E-state index contributed by atoms with van der Waals surface area (Å²) in [6.07, 6.45) is 1.05. The lowest BCUT2D eigenvalue weighted by atomic mass is 10.3. The van der Waals surface area contributed by atoms with E-state index in [9.17, 15) is 0 Å². The summed E-state index contributed by atoms with van der Waals surface area (Å²) >= 11 is 5.73. The SMILES string of the molecule is CCCNc1cc(O)cc(Cl)c1. The van der Waals surface area contributed by atoms with E-state index in [1.807, 2.05) is 0 Å². The van der Waals surface area contributed by atoms with Crippen LogP contribution in [0.5, 0.6) is 5.75 Å². The van der Waals surface area contributed by atoms with Crippen molar-refractivity contribution in [3.05, 3.63) is 23.2 Å². The molecule has 0 fully saturated rings. The Morgan fingerprint density at radius 2 is 2.17 bits per heavy atom. The van der Waals surface area contributed by atoms with E-state index in [1.165, 1.54) is 6.07 Å². The van der Waals surface area contributed by atoms with Crippen molar-refractivity contribution in [1.29, 1.82) is 0 Å². The molecular weight excluding hydrogens is 174 g/mol. The van der Waals surface area contributed by atoms with E-state index in [0.29, 0.717) is 5.02 Å². The van der Waals surface area contributed by atoms with Crippen LogP contribution in [0.15, 0.2) is 18.2 Å². The van der Waals surface area contributed by atoms with E-state index in [2.05, 4.69) is 12.2 Å². The highest BCUT2D eigenvalue weighted by Gasteiger charge is 1.96. The molecule has 2 N–H and O–H groups in total. The Hall–Kier alpha value is -0.890. The van der Waals surface area contributed by atoms with E-state index >= 15 is 0 Å². The van der Waals surface area contributed by atoms with E-state index in [4.69, 9.17) is 16.7 Å². The molecule has 0 saturated carbocycles. The van der Waals surface area contributed by atoms with Crippen molar-refractivity contribution < 1.29 is 5.11 Å². The number of halogens is 1. The summed E-state index contributed by atoms with van der Waals surface area (Å²) in [7, 11) is 0. The smallest absolute Gasteiger partial charge is 0.119 e. The predicted octanol–water partition coefficient (Wildman–Crippen LogP) is 2.87. The van der Waals surface area contributed by atoms with Crippen LogP contribution >= 0.6 is 11.6 Å². The lowest BCUT2D eigenvalue weighted by molar-refractivity contribution is 0.475. The number of rotatable bonds is 3. The maximum Gasteiger partial charge on any atom is 0.119 e. The number of benzene rings is 1. The molecule has 0 bridgehead atoms. The molecular formula is C9H12ClNO. The first-order valence-corrected chi connectivity index (χ1v) is 4.33. The standard InChI is InChI=1S/C9H12ClNO/c1-2-3-11-8-4-7(10)5-9(12)6-8/h4-6,11-12H,2-3H2,1H3. The Kier molecular flexibility index (Phi) is 3.23. The molecule has 3 heteroatoms. The first kappa shape index (κ1) is 9.20. The lowest BCUT2D eigenvalue weighted by Crippen LogP contribution is -1.98. The molecule has 0 aliphatic heterocycles. The van der Waals surface area contributed by atoms with Crippen LogP contribution < -0.4 is 5.32 Å². The first-order chi connectivity index (χ1) is 5.72. The van der Waals surface area contributed by atoms with Crippen LogP contribution in [0.4, 0.5) is 5.69 Å². The van der Waals surface area contributed by atoms with Crippen molar-refractivity contribution in [3.8, 4) is 5.75 Å².